The Bertz CT molecular complexity index is 1080. The van der Waals surface area contributed by atoms with Crippen molar-refractivity contribution in [2.24, 2.45) is 0 Å². The highest BCUT2D eigenvalue weighted by atomic mass is 16.6. The Balaban J connectivity index is 2.08. The number of hydrogen-bond donors (Lipinski definition) is 1. The van der Waals surface area contributed by atoms with Crippen molar-refractivity contribution in [2.45, 2.75) is 32.2 Å². The summed E-state index contributed by atoms with van der Waals surface area (Å²) in [7, 11) is 0. The zero-order chi connectivity index (χ0) is 21.5. The number of nitrogens with zero attached hydrogens (tertiary/aromatic N) is 2. The first kappa shape index (κ1) is 21.0. The van der Waals surface area contributed by atoms with Gasteiger partial charge in [0.05, 0.1) is 21.9 Å². The van der Waals surface area contributed by atoms with E-state index in [1.54, 1.807) is 18.2 Å². The summed E-state index contributed by atoms with van der Waals surface area (Å²) in [6.45, 7) is 1.98. The second-order valence-electron chi connectivity index (χ2n) is 6.89. The Labute approximate surface area is 174 Å². The molecule has 1 heterocycles. The minimum atomic E-state index is -0.813. The van der Waals surface area contributed by atoms with Crippen LogP contribution in [-0.4, -0.2) is 15.8 Å². The molecule has 1 N–H and O–H groups in total. The number of nitro groups is 1. The SMILES string of the molecule is CCCCC(=O)N[C@@H](/C=C/c1ccccc1)c1cc([N+](=O)[O-])c2cccnc2c1[O-]. The fraction of sp³-hybridized carbons (Fsp3) is 0.217. The number of non-ortho nitro benzene ring substituents is 1. The number of aromatic nitrogens is 1. The standard InChI is InChI=1S/C23H23N3O4/c1-2-3-11-21(27)25-19(13-12-16-8-5-4-6-9-16)18-15-20(26(29)30)17-10-7-14-24-22(17)23(18)28/h4-10,12-15,19,28H,2-3,11H2,1H3,(H,25,27)/p-1/b13-12+/t19-/m0/s1. The molecule has 0 unspecified atom stereocenters. The lowest BCUT2D eigenvalue weighted by Crippen LogP contribution is -2.28. The maximum Gasteiger partial charge on any atom is 0.279 e. The molecule has 0 fully saturated rings. The molecule has 0 saturated carbocycles. The number of nitro benzene ring substituents is 1. The van der Waals surface area contributed by atoms with Gasteiger partial charge in [0.15, 0.2) is 0 Å². The van der Waals surface area contributed by atoms with E-state index >= 15 is 0 Å². The van der Waals surface area contributed by atoms with Gasteiger partial charge in [0.2, 0.25) is 5.91 Å². The number of rotatable bonds is 8. The van der Waals surface area contributed by atoms with Crippen molar-refractivity contribution in [2.75, 3.05) is 0 Å². The minimum Gasteiger partial charge on any atom is -0.871 e. The maximum atomic E-state index is 13.1. The van der Waals surface area contributed by atoms with Crippen LogP contribution in [0.25, 0.3) is 17.0 Å². The van der Waals surface area contributed by atoms with E-state index in [9.17, 15) is 20.0 Å². The van der Waals surface area contributed by atoms with E-state index in [0.717, 1.165) is 12.0 Å². The van der Waals surface area contributed by atoms with E-state index in [1.165, 1.54) is 18.3 Å². The zero-order valence-electron chi connectivity index (χ0n) is 16.6. The third kappa shape index (κ3) is 4.81. The van der Waals surface area contributed by atoms with Crippen molar-refractivity contribution in [3.63, 3.8) is 0 Å². The monoisotopic (exact) mass is 404 g/mol. The molecule has 1 amide bonds. The van der Waals surface area contributed by atoms with Gasteiger partial charge in [-0.2, -0.15) is 0 Å². The highest BCUT2D eigenvalue weighted by Crippen LogP contribution is 2.36. The van der Waals surface area contributed by atoms with Gasteiger partial charge in [0.1, 0.15) is 0 Å². The lowest BCUT2D eigenvalue weighted by atomic mass is 9.99. The number of benzene rings is 2. The molecule has 2 aromatic carbocycles. The number of carbonyl (C=O) groups is 1. The molecule has 3 rings (SSSR count). The van der Waals surface area contributed by atoms with Gasteiger partial charge in [-0.25, -0.2) is 0 Å². The summed E-state index contributed by atoms with van der Waals surface area (Å²) in [5.41, 5.74) is 0.798. The van der Waals surface area contributed by atoms with Crippen LogP contribution in [0.4, 0.5) is 5.69 Å². The molecule has 0 aliphatic carbocycles. The van der Waals surface area contributed by atoms with Crippen LogP contribution in [0.5, 0.6) is 5.75 Å². The number of carbonyl (C=O) groups excluding carboxylic acids is 1. The largest absolute Gasteiger partial charge is 0.871 e. The lowest BCUT2D eigenvalue weighted by Gasteiger charge is -2.23. The highest BCUT2D eigenvalue weighted by Gasteiger charge is 2.21. The summed E-state index contributed by atoms with van der Waals surface area (Å²) in [6.07, 6.45) is 6.76. The summed E-state index contributed by atoms with van der Waals surface area (Å²) in [4.78, 5) is 27.5. The van der Waals surface area contributed by atoms with Gasteiger partial charge in [-0.05, 0) is 29.7 Å². The van der Waals surface area contributed by atoms with Crippen molar-refractivity contribution in [3.05, 3.63) is 82.0 Å². The molecule has 0 saturated heterocycles. The van der Waals surface area contributed by atoms with Gasteiger partial charge in [0.25, 0.3) is 5.69 Å². The molecule has 0 aliphatic rings. The van der Waals surface area contributed by atoms with Gasteiger partial charge in [-0.15, -0.1) is 0 Å². The fourth-order valence-electron chi connectivity index (χ4n) is 3.19. The molecule has 30 heavy (non-hydrogen) atoms. The second-order valence-corrected chi connectivity index (χ2v) is 6.89. The average Bonchev–Trinajstić information content (AvgIpc) is 2.76. The van der Waals surface area contributed by atoms with Gasteiger partial charge in [-0.1, -0.05) is 61.6 Å². The van der Waals surface area contributed by atoms with Crippen LogP contribution < -0.4 is 10.4 Å². The fourth-order valence-corrected chi connectivity index (χ4v) is 3.19. The molecular weight excluding hydrogens is 382 g/mol. The average molecular weight is 404 g/mol. The van der Waals surface area contributed by atoms with Crippen LogP contribution >= 0.6 is 0 Å². The molecule has 0 radical (unpaired) electrons. The first-order valence-electron chi connectivity index (χ1n) is 9.77. The molecule has 1 aromatic heterocycles. The lowest BCUT2D eigenvalue weighted by molar-refractivity contribution is -0.383. The minimum absolute atomic E-state index is 0.0163. The first-order valence-corrected chi connectivity index (χ1v) is 9.77. The second kappa shape index (κ2) is 9.65. The topological polar surface area (TPSA) is 108 Å². The Morgan fingerprint density at radius 1 is 1.23 bits per heavy atom. The van der Waals surface area contributed by atoms with Crippen LogP contribution in [0, 0.1) is 10.1 Å². The van der Waals surface area contributed by atoms with Gasteiger partial charge >= 0.3 is 0 Å². The smallest absolute Gasteiger partial charge is 0.279 e. The summed E-state index contributed by atoms with van der Waals surface area (Å²) in [5, 5.41) is 27.7. The third-order valence-electron chi connectivity index (χ3n) is 4.74. The number of fused-ring (bicyclic) bond motifs is 1. The first-order chi connectivity index (χ1) is 14.5. The van der Waals surface area contributed by atoms with Crippen molar-refractivity contribution in [1.82, 2.24) is 10.3 Å². The molecule has 0 spiro atoms. The molecular formula is C23H22N3O4-. The number of pyridine rings is 1. The van der Waals surface area contributed by atoms with Gasteiger partial charge < -0.3 is 10.4 Å². The number of unbranched alkanes of at least 4 members (excludes halogenated alkanes) is 1. The van der Waals surface area contributed by atoms with Gasteiger partial charge in [-0.3, -0.25) is 19.9 Å². The van der Waals surface area contributed by atoms with Crippen molar-refractivity contribution in [1.29, 1.82) is 0 Å². The highest BCUT2D eigenvalue weighted by molar-refractivity contribution is 5.93. The predicted octanol–water partition coefficient (Wildman–Crippen LogP) is 4.28. The van der Waals surface area contributed by atoms with Crippen LogP contribution in [0.3, 0.4) is 0 Å². The predicted molar refractivity (Wildman–Crippen MR) is 114 cm³/mol. The van der Waals surface area contributed by atoms with E-state index in [0.29, 0.717) is 12.8 Å². The Kier molecular flexibility index (Phi) is 6.75. The third-order valence-corrected chi connectivity index (χ3v) is 4.74. The van der Waals surface area contributed by atoms with Gasteiger partial charge in [0, 0.05) is 18.7 Å². The Morgan fingerprint density at radius 2 is 2.00 bits per heavy atom. The van der Waals surface area contributed by atoms with E-state index in [2.05, 4.69) is 10.3 Å². The Morgan fingerprint density at radius 3 is 2.70 bits per heavy atom. The quantitative estimate of drug-likeness (QED) is 0.445. The van der Waals surface area contributed by atoms with Crippen LogP contribution in [-0.2, 0) is 4.79 Å². The van der Waals surface area contributed by atoms with E-state index in [-0.39, 0.29) is 28.1 Å². The van der Waals surface area contributed by atoms with Crippen molar-refractivity contribution < 1.29 is 14.8 Å². The normalized spacial score (nSPS) is 12.2. The number of amides is 1. The Hall–Kier alpha value is -3.74. The van der Waals surface area contributed by atoms with E-state index in [1.807, 2.05) is 37.3 Å². The van der Waals surface area contributed by atoms with Crippen molar-refractivity contribution in [3.8, 4) is 5.75 Å². The molecule has 1 atom stereocenters. The molecule has 154 valence electrons. The molecule has 0 aliphatic heterocycles. The maximum absolute atomic E-state index is 13.1. The summed E-state index contributed by atoms with van der Waals surface area (Å²) in [5.74, 6) is -0.655. The summed E-state index contributed by atoms with van der Waals surface area (Å²) in [6, 6.07) is 12.9. The van der Waals surface area contributed by atoms with Crippen LogP contribution in [0.15, 0.2) is 60.8 Å². The number of hydrogen-bond acceptors (Lipinski definition) is 5. The molecule has 0 bridgehead atoms. The molecule has 3 aromatic rings. The molecule has 7 heteroatoms. The number of nitrogens with one attached hydrogen (secondary N) is 1. The van der Waals surface area contributed by atoms with Crippen LogP contribution in [0.1, 0.15) is 43.4 Å². The molecule has 7 nitrogen and oxygen atoms in total. The summed E-state index contributed by atoms with van der Waals surface area (Å²) < 4.78 is 0. The summed E-state index contributed by atoms with van der Waals surface area (Å²) >= 11 is 0. The van der Waals surface area contributed by atoms with Crippen LogP contribution in [0.2, 0.25) is 0 Å². The van der Waals surface area contributed by atoms with E-state index in [4.69, 9.17) is 0 Å². The zero-order valence-corrected chi connectivity index (χ0v) is 16.6. The van der Waals surface area contributed by atoms with E-state index < -0.39 is 16.7 Å². The van der Waals surface area contributed by atoms with Crippen molar-refractivity contribution >= 4 is 28.6 Å².